The van der Waals surface area contributed by atoms with E-state index in [1.165, 1.54) is 11.1 Å². The third kappa shape index (κ3) is 2.34. The van der Waals surface area contributed by atoms with Crippen molar-refractivity contribution in [3.8, 4) is 5.75 Å². The smallest absolute Gasteiger partial charge is 0.170 e. The molecule has 2 heteroatoms. The summed E-state index contributed by atoms with van der Waals surface area (Å²) in [7, 11) is 0. The Balaban J connectivity index is 1.82. The molecule has 1 aliphatic rings. The summed E-state index contributed by atoms with van der Waals surface area (Å²) in [5.41, 5.74) is 3.20. The van der Waals surface area contributed by atoms with Crippen molar-refractivity contribution in [3.05, 3.63) is 65.2 Å². The average Bonchev–Trinajstić information content (AvgIpc) is 2.39. The quantitative estimate of drug-likeness (QED) is 0.782. The van der Waals surface area contributed by atoms with Crippen molar-refractivity contribution in [2.24, 2.45) is 0 Å². The molecule has 0 N–H and O–H groups in total. The summed E-state index contributed by atoms with van der Waals surface area (Å²) in [6.45, 7) is 3.97. The first-order chi connectivity index (χ1) is 9.65. The topological polar surface area (TPSA) is 26.3 Å². The van der Waals surface area contributed by atoms with Gasteiger partial charge in [-0.15, -0.1) is 0 Å². The molecule has 0 saturated carbocycles. The van der Waals surface area contributed by atoms with Crippen LogP contribution < -0.4 is 4.74 Å². The third-order valence-corrected chi connectivity index (χ3v) is 3.66. The Hall–Kier alpha value is -2.09. The Bertz CT molecular complexity index is 643. The zero-order valence-electron chi connectivity index (χ0n) is 11.8. The summed E-state index contributed by atoms with van der Waals surface area (Å²) in [6, 6.07) is 15.7. The molecule has 0 spiro atoms. The second-order valence-electron chi connectivity index (χ2n) is 5.51. The summed E-state index contributed by atoms with van der Waals surface area (Å²) in [4.78, 5) is 12.6. The van der Waals surface area contributed by atoms with Crippen LogP contribution in [-0.4, -0.2) is 11.9 Å². The van der Waals surface area contributed by atoms with E-state index < -0.39 is 0 Å². The molecular formula is C18H18O2. The molecular weight excluding hydrogens is 248 g/mol. The van der Waals surface area contributed by atoms with E-state index in [1.807, 2.05) is 50.2 Å². The first-order valence-electron chi connectivity index (χ1n) is 7.04. The number of hydrogen-bond acceptors (Lipinski definition) is 2. The minimum atomic E-state index is 0.0144. The number of ether oxygens (including phenoxy) is 1. The summed E-state index contributed by atoms with van der Waals surface area (Å²) >= 11 is 0. The first-order valence-corrected chi connectivity index (χ1v) is 7.04. The Labute approximate surface area is 119 Å². The number of fused-ring (bicyclic) bond motifs is 1. The van der Waals surface area contributed by atoms with Crippen molar-refractivity contribution >= 4 is 5.78 Å². The van der Waals surface area contributed by atoms with E-state index in [-0.39, 0.29) is 17.8 Å². The summed E-state index contributed by atoms with van der Waals surface area (Å²) in [6.07, 6.45) is 0.967. The van der Waals surface area contributed by atoms with Gasteiger partial charge in [-0.2, -0.15) is 0 Å². The molecule has 1 unspecified atom stereocenters. The standard InChI is InChI=1S/C18H18O2/c1-12(2)20-15-8-5-7-14(10-15)18(19)17-11-13-6-3-4-9-16(13)17/h3-10,12,17H,11H2,1-2H3. The maximum atomic E-state index is 12.6. The van der Waals surface area contributed by atoms with Gasteiger partial charge in [0, 0.05) is 5.56 Å². The molecule has 1 aliphatic carbocycles. The number of ketones is 1. The van der Waals surface area contributed by atoms with E-state index in [2.05, 4.69) is 12.1 Å². The molecule has 0 bridgehead atoms. The van der Waals surface area contributed by atoms with E-state index in [1.54, 1.807) is 0 Å². The van der Waals surface area contributed by atoms with Crippen molar-refractivity contribution < 1.29 is 9.53 Å². The van der Waals surface area contributed by atoms with Crippen LogP contribution in [0, 0.1) is 0 Å². The Morgan fingerprint density at radius 3 is 2.70 bits per heavy atom. The van der Waals surface area contributed by atoms with Crippen LogP contribution in [-0.2, 0) is 6.42 Å². The Morgan fingerprint density at radius 1 is 1.15 bits per heavy atom. The normalized spacial score (nSPS) is 16.4. The Morgan fingerprint density at radius 2 is 1.95 bits per heavy atom. The minimum Gasteiger partial charge on any atom is -0.491 e. The number of rotatable bonds is 4. The molecule has 0 saturated heterocycles. The number of hydrogen-bond donors (Lipinski definition) is 0. The van der Waals surface area contributed by atoms with Gasteiger partial charge in [0.05, 0.1) is 12.0 Å². The number of Topliss-reactive ketones (excluding diaryl/α,β-unsaturated/α-hetero) is 1. The van der Waals surface area contributed by atoms with E-state index in [9.17, 15) is 4.79 Å². The molecule has 0 aromatic heterocycles. The van der Waals surface area contributed by atoms with Crippen LogP contribution >= 0.6 is 0 Å². The molecule has 0 heterocycles. The van der Waals surface area contributed by atoms with E-state index >= 15 is 0 Å². The predicted molar refractivity (Wildman–Crippen MR) is 79.4 cm³/mol. The molecule has 1 atom stereocenters. The maximum Gasteiger partial charge on any atom is 0.170 e. The van der Waals surface area contributed by atoms with Gasteiger partial charge in [-0.25, -0.2) is 0 Å². The summed E-state index contributed by atoms with van der Waals surface area (Å²) < 4.78 is 5.65. The van der Waals surface area contributed by atoms with Crippen molar-refractivity contribution in [1.82, 2.24) is 0 Å². The van der Waals surface area contributed by atoms with Crippen molar-refractivity contribution in [1.29, 1.82) is 0 Å². The largest absolute Gasteiger partial charge is 0.491 e. The van der Waals surface area contributed by atoms with Crippen molar-refractivity contribution in [3.63, 3.8) is 0 Å². The number of carbonyl (C=O) groups excluding carboxylic acids is 1. The average molecular weight is 266 g/mol. The van der Waals surface area contributed by atoms with Gasteiger partial charge in [0.2, 0.25) is 0 Å². The van der Waals surface area contributed by atoms with Crippen LogP contribution in [0.3, 0.4) is 0 Å². The van der Waals surface area contributed by atoms with Crippen molar-refractivity contribution in [2.75, 3.05) is 0 Å². The fourth-order valence-electron chi connectivity index (χ4n) is 2.69. The monoisotopic (exact) mass is 266 g/mol. The molecule has 3 rings (SSSR count). The minimum absolute atomic E-state index is 0.0144. The maximum absolute atomic E-state index is 12.6. The fraction of sp³-hybridized carbons (Fsp3) is 0.278. The molecule has 0 fully saturated rings. The third-order valence-electron chi connectivity index (χ3n) is 3.66. The van der Waals surface area contributed by atoms with Gasteiger partial charge in [-0.1, -0.05) is 36.4 Å². The first kappa shape index (κ1) is 12.9. The molecule has 2 nitrogen and oxygen atoms in total. The molecule has 102 valence electrons. The van der Waals surface area contributed by atoms with E-state index in [0.717, 1.165) is 17.7 Å². The van der Waals surface area contributed by atoms with Gasteiger partial charge < -0.3 is 4.74 Å². The second-order valence-corrected chi connectivity index (χ2v) is 5.51. The van der Waals surface area contributed by atoms with E-state index in [4.69, 9.17) is 4.74 Å². The molecule has 2 aromatic carbocycles. The lowest BCUT2D eigenvalue weighted by molar-refractivity contribution is 0.0948. The summed E-state index contributed by atoms with van der Waals surface area (Å²) in [5, 5.41) is 0. The van der Waals surface area contributed by atoms with Crippen LogP contribution in [0.2, 0.25) is 0 Å². The zero-order chi connectivity index (χ0) is 14.1. The lowest BCUT2D eigenvalue weighted by Gasteiger charge is -2.28. The highest BCUT2D eigenvalue weighted by atomic mass is 16.5. The Kier molecular flexibility index (Phi) is 3.31. The predicted octanol–water partition coefficient (Wildman–Crippen LogP) is 4.00. The van der Waals surface area contributed by atoms with Crippen LogP contribution in [0.4, 0.5) is 0 Å². The van der Waals surface area contributed by atoms with Gasteiger partial charge in [-0.3, -0.25) is 4.79 Å². The lowest BCUT2D eigenvalue weighted by atomic mass is 9.74. The second kappa shape index (κ2) is 5.12. The molecule has 0 aliphatic heterocycles. The zero-order valence-corrected chi connectivity index (χ0v) is 11.8. The molecule has 0 amide bonds. The highest BCUT2D eigenvalue weighted by Crippen LogP contribution is 2.37. The van der Waals surface area contributed by atoms with Crippen LogP contribution in [0.25, 0.3) is 0 Å². The molecule has 20 heavy (non-hydrogen) atoms. The van der Waals surface area contributed by atoms with Gasteiger partial charge in [0.25, 0.3) is 0 Å². The van der Waals surface area contributed by atoms with Crippen molar-refractivity contribution in [2.45, 2.75) is 32.3 Å². The van der Waals surface area contributed by atoms with Gasteiger partial charge in [0.15, 0.2) is 5.78 Å². The SMILES string of the molecule is CC(C)Oc1cccc(C(=O)C2Cc3ccccc32)c1. The van der Waals surface area contributed by atoms with E-state index in [0.29, 0.717) is 0 Å². The highest BCUT2D eigenvalue weighted by Gasteiger charge is 2.32. The number of carbonyl (C=O) groups is 1. The van der Waals surface area contributed by atoms with Gasteiger partial charge in [0.1, 0.15) is 5.75 Å². The molecule has 0 radical (unpaired) electrons. The van der Waals surface area contributed by atoms with Gasteiger partial charge >= 0.3 is 0 Å². The van der Waals surface area contributed by atoms with Gasteiger partial charge in [-0.05, 0) is 43.5 Å². The molecule has 2 aromatic rings. The van der Waals surface area contributed by atoms with Crippen LogP contribution in [0.1, 0.15) is 41.3 Å². The number of benzene rings is 2. The van der Waals surface area contributed by atoms with Crippen LogP contribution in [0.15, 0.2) is 48.5 Å². The highest BCUT2D eigenvalue weighted by molar-refractivity contribution is 6.02. The summed E-state index contributed by atoms with van der Waals surface area (Å²) in [5.74, 6) is 0.969. The van der Waals surface area contributed by atoms with Crippen LogP contribution in [0.5, 0.6) is 5.75 Å². The fourth-order valence-corrected chi connectivity index (χ4v) is 2.69. The lowest BCUT2D eigenvalue weighted by Crippen LogP contribution is -2.25.